The Labute approximate surface area is 158 Å². The van der Waals surface area contributed by atoms with E-state index in [1.165, 1.54) is 16.5 Å². The summed E-state index contributed by atoms with van der Waals surface area (Å²) in [6.45, 7) is 4.09. The molecule has 3 aromatic rings. The summed E-state index contributed by atoms with van der Waals surface area (Å²) in [5, 5.41) is 5.26. The van der Waals surface area contributed by atoms with E-state index < -0.39 is 0 Å². The maximum atomic E-state index is 6.03. The van der Waals surface area contributed by atoms with Crippen molar-refractivity contribution in [3.63, 3.8) is 0 Å². The zero-order valence-electron chi connectivity index (χ0n) is 15.7. The van der Waals surface area contributed by atoms with Gasteiger partial charge in [0.1, 0.15) is 6.61 Å². The van der Waals surface area contributed by atoms with E-state index in [0.29, 0.717) is 37.5 Å². The number of hydrogen-bond donors (Lipinski definition) is 1. The van der Waals surface area contributed by atoms with Gasteiger partial charge in [0.05, 0.1) is 12.7 Å². The third-order valence-corrected chi connectivity index (χ3v) is 5.07. The number of fused-ring (bicyclic) bond motifs is 1. The second kappa shape index (κ2) is 8.65. The summed E-state index contributed by atoms with van der Waals surface area (Å²) < 4.78 is 16.1. The lowest BCUT2D eigenvalue weighted by Crippen LogP contribution is -2.36. The van der Waals surface area contributed by atoms with E-state index in [9.17, 15) is 0 Å². The molecular weight excluding hydrogens is 344 g/mol. The van der Waals surface area contributed by atoms with E-state index in [-0.39, 0.29) is 0 Å². The van der Waals surface area contributed by atoms with Gasteiger partial charge >= 0.3 is 0 Å². The van der Waals surface area contributed by atoms with Crippen LogP contribution in [0.1, 0.15) is 30.1 Å². The van der Waals surface area contributed by atoms with Gasteiger partial charge in [-0.1, -0.05) is 17.3 Å². The number of aromatic amines is 1. The third-order valence-electron chi connectivity index (χ3n) is 5.07. The smallest absolute Gasteiger partial charge is 0.252 e. The van der Waals surface area contributed by atoms with Gasteiger partial charge in [0.15, 0.2) is 5.82 Å². The van der Waals surface area contributed by atoms with Crippen LogP contribution in [-0.2, 0) is 29.0 Å². The summed E-state index contributed by atoms with van der Waals surface area (Å²) in [7, 11) is 1.61. The summed E-state index contributed by atoms with van der Waals surface area (Å²) in [6, 6.07) is 8.64. The standard InChI is InChI=1S/C20H26N4O3/c1-25-14-20-22-19(23-27-20)8-12-26-16-6-10-24(11-7-16)13-15-3-2-4-18-17(15)5-9-21-18/h2-5,9,16,21H,6-8,10-14H2,1H3. The third kappa shape index (κ3) is 4.55. The van der Waals surface area contributed by atoms with Crippen molar-refractivity contribution in [1.29, 1.82) is 0 Å². The molecule has 1 N–H and O–H groups in total. The molecule has 0 unspecified atom stereocenters. The summed E-state index contributed by atoms with van der Waals surface area (Å²) >= 11 is 0. The van der Waals surface area contributed by atoms with Gasteiger partial charge in [-0.3, -0.25) is 4.90 Å². The number of benzene rings is 1. The quantitative estimate of drug-likeness (QED) is 0.657. The van der Waals surface area contributed by atoms with Gasteiger partial charge in [-0.15, -0.1) is 0 Å². The lowest BCUT2D eigenvalue weighted by Gasteiger charge is -2.32. The molecule has 0 atom stereocenters. The normalized spacial score (nSPS) is 16.3. The predicted molar refractivity (Wildman–Crippen MR) is 101 cm³/mol. The Hall–Kier alpha value is -2.22. The number of aromatic nitrogens is 3. The minimum absolute atomic E-state index is 0.314. The molecule has 0 bridgehead atoms. The Bertz CT molecular complexity index is 852. The molecule has 0 radical (unpaired) electrons. The first-order chi connectivity index (χ1) is 13.3. The molecule has 1 aliphatic heterocycles. The number of likely N-dealkylation sites (tertiary alicyclic amines) is 1. The Kier molecular flexibility index (Phi) is 5.81. The van der Waals surface area contributed by atoms with Crippen molar-refractivity contribution >= 4 is 10.9 Å². The Morgan fingerprint density at radius 2 is 2.15 bits per heavy atom. The number of hydrogen-bond acceptors (Lipinski definition) is 6. The van der Waals surface area contributed by atoms with Crippen LogP contribution in [0.3, 0.4) is 0 Å². The predicted octanol–water partition coefficient (Wildman–Crippen LogP) is 2.92. The van der Waals surface area contributed by atoms with E-state index in [1.54, 1.807) is 7.11 Å². The highest BCUT2D eigenvalue weighted by Gasteiger charge is 2.20. The van der Waals surface area contributed by atoms with E-state index in [0.717, 1.165) is 32.5 Å². The first-order valence-corrected chi connectivity index (χ1v) is 9.51. The molecule has 0 spiro atoms. The fourth-order valence-electron chi connectivity index (χ4n) is 3.65. The minimum atomic E-state index is 0.314. The first kappa shape index (κ1) is 18.2. The van der Waals surface area contributed by atoms with E-state index in [4.69, 9.17) is 14.0 Å². The van der Waals surface area contributed by atoms with Crippen LogP contribution in [0.5, 0.6) is 0 Å². The van der Waals surface area contributed by atoms with E-state index in [1.807, 2.05) is 6.20 Å². The minimum Gasteiger partial charge on any atom is -0.378 e. The molecule has 0 aliphatic carbocycles. The number of nitrogens with zero attached hydrogens (tertiary/aromatic N) is 3. The van der Waals surface area contributed by atoms with Gasteiger partial charge in [-0.2, -0.15) is 4.98 Å². The molecule has 0 saturated carbocycles. The molecule has 1 aliphatic rings. The molecule has 4 rings (SSSR count). The lowest BCUT2D eigenvalue weighted by atomic mass is 10.1. The number of piperidine rings is 1. The zero-order valence-corrected chi connectivity index (χ0v) is 15.7. The maximum absolute atomic E-state index is 6.03. The molecule has 27 heavy (non-hydrogen) atoms. The van der Waals surface area contributed by atoms with Crippen LogP contribution in [-0.4, -0.2) is 52.9 Å². The molecule has 7 heteroatoms. The van der Waals surface area contributed by atoms with E-state index in [2.05, 4.69) is 44.3 Å². The summed E-state index contributed by atoms with van der Waals surface area (Å²) in [4.78, 5) is 10.1. The number of H-pyrrole nitrogens is 1. The number of rotatable bonds is 8. The average Bonchev–Trinajstić information content (AvgIpc) is 3.33. The fourth-order valence-corrected chi connectivity index (χ4v) is 3.65. The van der Waals surface area contributed by atoms with Gasteiger partial charge in [-0.25, -0.2) is 0 Å². The Balaban J connectivity index is 1.20. The van der Waals surface area contributed by atoms with E-state index >= 15 is 0 Å². The van der Waals surface area contributed by atoms with Crippen molar-refractivity contribution in [2.45, 2.75) is 38.5 Å². The van der Waals surface area contributed by atoms with Gasteiger partial charge < -0.3 is 19.0 Å². The number of methoxy groups -OCH3 is 1. The van der Waals surface area contributed by atoms with Crippen molar-refractivity contribution in [3.05, 3.63) is 47.7 Å². The first-order valence-electron chi connectivity index (χ1n) is 9.51. The van der Waals surface area contributed by atoms with Gasteiger partial charge in [0, 0.05) is 50.3 Å². The van der Waals surface area contributed by atoms with Crippen LogP contribution in [0.25, 0.3) is 10.9 Å². The molecule has 1 aromatic carbocycles. The summed E-state index contributed by atoms with van der Waals surface area (Å²) in [6.07, 6.45) is 5.11. The number of ether oxygens (including phenoxy) is 2. The van der Waals surface area contributed by atoms with Gasteiger partial charge in [-0.05, 0) is 30.5 Å². The molecule has 144 valence electrons. The van der Waals surface area contributed by atoms with Crippen molar-refractivity contribution in [1.82, 2.24) is 20.0 Å². The SMILES string of the molecule is COCc1nc(CCOC2CCN(Cc3cccc4[nH]ccc34)CC2)no1. The lowest BCUT2D eigenvalue weighted by molar-refractivity contribution is 0.00684. The molecule has 1 fully saturated rings. The van der Waals surface area contributed by atoms with Crippen LogP contribution in [0, 0.1) is 0 Å². The molecule has 7 nitrogen and oxygen atoms in total. The van der Waals surface area contributed by atoms with Crippen molar-refractivity contribution < 1.29 is 14.0 Å². The van der Waals surface area contributed by atoms with Crippen LogP contribution in [0.2, 0.25) is 0 Å². The molecule has 2 aromatic heterocycles. The maximum Gasteiger partial charge on any atom is 0.252 e. The highest BCUT2D eigenvalue weighted by molar-refractivity contribution is 5.82. The fraction of sp³-hybridized carbons (Fsp3) is 0.500. The topological polar surface area (TPSA) is 76.4 Å². The summed E-state index contributed by atoms with van der Waals surface area (Å²) in [5.74, 6) is 1.19. The van der Waals surface area contributed by atoms with Crippen LogP contribution < -0.4 is 0 Å². The van der Waals surface area contributed by atoms with Crippen LogP contribution >= 0.6 is 0 Å². The molecule has 0 amide bonds. The van der Waals surface area contributed by atoms with Gasteiger partial charge in [0.2, 0.25) is 0 Å². The highest BCUT2D eigenvalue weighted by Crippen LogP contribution is 2.22. The Morgan fingerprint density at radius 3 is 3.00 bits per heavy atom. The monoisotopic (exact) mass is 370 g/mol. The molecule has 1 saturated heterocycles. The largest absolute Gasteiger partial charge is 0.378 e. The van der Waals surface area contributed by atoms with Crippen molar-refractivity contribution in [2.75, 3.05) is 26.8 Å². The van der Waals surface area contributed by atoms with Gasteiger partial charge in [0.25, 0.3) is 5.89 Å². The molecule has 3 heterocycles. The van der Waals surface area contributed by atoms with Crippen molar-refractivity contribution in [3.8, 4) is 0 Å². The summed E-state index contributed by atoms with van der Waals surface area (Å²) in [5.41, 5.74) is 2.60. The highest BCUT2D eigenvalue weighted by atomic mass is 16.5. The van der Waals surface area contributed by atoms with Crippen LogP contribution in [0.15, 0.2) is 35.0 Å². The van der Waals surface area contributed by atoms with Crippen molar-refractivity contribution in [2.24, 2.45) is 0 Å². The zero-order chi connectivity index (χ0) is 18.5. The number of nitrogens with one attached hydrogen (secondary N) is 1. The second-order valence-corrected chi connectivity index (χ2v) is 6.99. The van der Waals surface area contributed by atoms with Crippen LogP contribution in [0.4, 0.5) is 0 Å². The Morgan fingerprint density at radius 1 is 1.26 bits per heavy atom. The molecular formula is C20H26N4O3. The average molecular weight is 370 g/mol. The second-order valence-electron chi connectivity index (χ2n) is 6.99.